The van der Waals surface area contributed by atoms with Crippen LogP contribution in [0.4, 0.5) is 0 Å². The molecule has 3 aromatic carbocycles. The number of likely N-dealkylation sites (tertiary alicyclic amines) is 1. The molecule has 202 valence electrons. The molecule has 8 heteroatoms. The molecule has 1 amide bonds. The predicted octanol–water partition coefficient (Wildman–Crippen LogP) is 5.31. The molecule has 4 aromatic rings. The number of ether oxygens (including phenoxy) is 2. The van der Waals surface area contributed by atoms with Gasteiger partial charge in [0, 0.05) is 24.5 Å². The number of hydrogen-bond acceptors (Lipinski definition) is 7. The predicted molar refractivity (Wildman–Crippen MR) is 149 cm³/mol. The van der Waals surface area contributed by atoms with Gasteiger partial charge in [0.25, 0.3) is 11.7 Å². The van der Waals surface area contributed by atoms with Crippen LogP contribution in [0, 0.1) is 6.92 Å². The summed E-state index contributed by atoms with van der Waals surface area (Å²) in [6, 6.07) is 21.9. The van der Waals surface area contributed by atoms with E-state index in [1.807, 2.05) is 31.2 Å². The fourth-order valence-electron chi connectivity index (χ4n) is 4.77. The van der Waals surface area contributed by atoms with Crippen LogP contribution in [-0.4, -0.2) is 38.9 Å². The molecule has 1 aliphatic heterocycles. The summed E-state index contributed by atoms with van der Waals surface area (Å²) in [6.07, 6.45) is 3.21. The number of aliphatic hydroxyl groups excluding tert-OH is 1. The molecule has 1 fully saturated rings. The SMILES string of the molecule is COc1cc([C@@H]2/C(=C(\O)c3ccc(OCc4cccc(C)c4)cc3)C(=O)C(=O)N2Cc2ccncc2)ccc1O. The number of carbonyl (C=O) groups excluding carboxylic acids is 2. The number of methoxy groups -OCH3 is 1. The van der Waals surface area contributed by atoms with Crippen molar-refractivity contribution in [1.82, 2.24) is 9.88 Å². The van der Waals surface area contributed by atoms with E-state index in [1.54, 1.807) is 60.9 Å². The zero-order valence-corrected chi connectivity index (χ0v) is 22.1. The summed E-state index contributed by atoms with van der Waals surface area (Å²) in [7, 11) is 1.41. The van der Waals surface area contributed by atoms with Gasteiger partial charge in [0.15, 0.2) is 11.5 Å². The van der Waals surface area contributed by atoms with Crippen LogP contribution < -0.4 is 9.47 Å². The van der Waals surface area contributed by atoms with Gasteiger partial charge in [-0.2, -0.15) is 0 Å². The first-order valence-electron chi connectivity index (χ1n) is 12.7. The lowest BCUT2D eigenvalue weighted by Gasteiger charge is -2.26. The molecular formula is C32H28N2O6. The number of nitrogens with zero attached hydrogens (tertiary/aromatic N) is 2. The Hall–Kier alpha value is -5.11. The molecule has 1 aliphatic rings. The minimum atomic E-state index is -0.917. The zero-order chi connectivity index (χ0) is 28.2. The van der Waals surface area contributed by atoms with Gasteiger partial charge in [0.2, 0.25) is 0 Å². The van der Waals surface area contributed by atoms with E-state index in [4.69, 9.17) is 9.47 Å². The molecule has 40 heavy (non-hydrogen) atoms. The molecule has 0 bridgehead atoms. The number of phenolic OH excluding ortho intramolecular Hbond substituents is 1. The number of carbonyl (C=O) groups is 2. The normalized spacial score (nSPS) is 16.2. The highest BCUT2D eigenvalue weighted by molar-refractivity contribution is 6.46. The number of pyridine rings is 1. The number of rotatable bonds is 8. The maximum absolute atomic E-state index is 13.4. The number of amides is 1. The van der Waals surface area contributed by atoms with Crippen molar-refractivity contribution in [3.8, 4) is 17.2 Å². The number of benzene rings is 3. The molecule has 0 radical (unpaired) electrons. The summed E-state index contributed by atoms with van der Waals surface area (Å²) in [5, 5.41) is 21.5. The molecular weight excluding hydrogens is 508 g/mol. The second-order valence-corrected chi connectivity index (χ2v) is 9.52. The van der Waals surface area contributed by atoms with Crippen LogP contribution in [0.15, 0.2) is 96.8 Å². The Morgan fingerprint density at radius 2 is 1.70 bits per heavy atom. The number of aliphatic hydroxyl groups is 1. The lowest BCUT2D eigenvalue weighted by molar-refractivity contribution is -0.140. The van der Waals surface area contributed by atoms with Gasteiger partial charge in [-0.3, -0.25) is 14.6 Å². The van der Waals surface area contributed by atoms with Crippen LogP contribution in [0.5, 0.6) is 17.2 Å². The van der Waals surface area contributed by atoms with E-state index < -0.39 is 17.7 Å². The average molecular weight is 537 g/mol. The van der Waals surface area contributed by atoms with Crippen molar-refractivity contribution >= 4 is 17.4 Å². The summed E-state index contributed by atoms with van der Waals surface area (Å²) in [4.78, 5) is 32.0. The first kappa shape index (κ1) is 26.5. The smallest absolute Gasteiger partial charge is 0.295 e. The van der Waals surface area contributed by atoms with Crippen molar-refractivity contribution in [2.75, 3.05) is 7.11 Å². The monoisotopic (exact) mass is 536 g/mol. The summed E-state index contributed by atoms with van der Waals surface area (Å²) in [5.41, 5.74) is 3.75. The third kappa shape index (κ3) is 5.37. The zero-order valence-electron chi connectivity index (χ0n) is 22.1. The second kappa shape index (κ2) is 11.3. The van der Waals surface area contributed by atoms with E-state index in [0.29, 0.717) is 23.5 Å². The molecule has 0 spiro atoms. The van der Waals surface area contributed by atoms with E-state index in [9.17, 15) is 19.8 Å². The summed E-state index contributed by atoms with van der Waals surface area (Å²) in [5.74, 6) is -1.16. The Balaban J connectivity index is 1.50. The highest BCUT2D eigenvalue weighted by atomic mass is 16.5. The van der Waals surface area contributed by atoms with Gasteiger partial charge >= 0.3 is 0 Å². The molecule has 1 saturated heterocycles. The number of aromatic hydroxyl groups is 1. The molecule has 8 nitrogen and oxygen atoms in total. The van der Waals surface area contributed by atoms with Crippen LogP contribution >= 0.6 is 0 Å². The third-order valence-corrected chi connectivity index (χ3v) is 6.78. The van der Waals surface area contributed by atoms with Crippen LogP contribution in [-0.2, 0) is 22.7 Å². The van der Waals surface area contributed by atoms with Crippen LogP contribution in [0.3, 0.4) is 0 Å². The topological polar surface area (TPSA) is 109 Å². The van der Waals surface area contributed by atoms with Crippen molar-refractivity contribution in [2.24, 2.45) is 0 Å². The third-order valence-electron chi connectivity index (χ3n) is 6.78. The number of aryl methyl sites for hydroxylation is 1. The summed E-state index contributed by atoms with van der Waals surface area (Å²) < 4.78 is 11.2. The Labute approximate surface area is 231 Å². The molecule has 2 heterocycles. The van der Waals surface area contributed by atoms with Gasteiger partial charge in [-0.1, -0.05) is 35.9 Å². The molecule has 1 atom stereocenters. The van der Waals surface area contributed by atoms with Crippen molar-refractivity contribution in [3.63, 3.8) is 0 Å². The molecule has 2 N–H and O–H groups in total. The van der Waals surface area contributed by atoms with E-state index in [2.05, 4.69) is 4.98 Å². The molecule has 1 aromatic heterocycles. The number of phenols is 1. The standard InChI is InChI=1S/C32H28N2O6/c1-20-4-3-5-22(16-20)19-40-25-9-6-23(7-10-25)30(36)28-29(24-8-11-26(35)27(17-24)39-2)34(32(38)31(28)37)18-21-12-14-33-15-13-21/h3-17,29,35-36H,18-19H2,1-2H3/b30-28+/t29-/m1/s1. The van der Waals surface area contributed by atoms with Gasteiger partial charge in [-0.25, -0.2) is 0 Å². The Bertz CT molecular complexity index is 1580. The Morgan fingerprint density at radius 1 is 0.950 bits per heavy atom. The molecule has 5 rings (SSSR count). The molecule has 0 saturated carbocycles. The summed E-state index contributed by atoms with van der Waals surface area (Å²) >= 11 is 0. The van der Waals surface area contributed by atoms with Crippen molar-refractivity contribution in [2.45, 2.75) is 26.1 Å². The van der Waals surface area contributed by atoms with Crippen molar-refractivity contribution in [3.05, 3.63) is 125 Å². The van der Waals surface area contributed by atoms with Crippen molar-refractivity contribution in [1.29, 1.82) is 0 Å². The largest absolute Gasteiger partial charge is 0.507 e. The minimum absolute atomic E-state index is 0.0553. The number of Topliss-reactive ketones (excluding diaryl/α,β-unsaturated/α-hetero) is 1. The van der Waals surface area contributed by atoms with Crippen LogP contribution in [0.25, 0.3) is 5.76 Å². The number of hydrogen-bond donors (Lipinski definition) is 2. The number of ketones is 1. The van der Waals surface area contributed by atoms with Gasteiger partial charge in [-0.05, 0) is 72.1 Å². The molecule has 0 aliphatic carbocycles. The van der Waals surface area contributed by atoms with E-state index in [1.165, 1.54) is 18.1 Å². The first-order chi connectivity index (χ1) is 19.4. The van der Waals surface area contributed by atoms with Gasteiger partial charge in [0.1, 0.15) is 18.1 Å². The fourth-order valence-corrected chi connectivity index (χ4v) is 4.77. The molecule has 0 unspecified atom stereocenters. The lowest BCUT2D eigenvalue weighted by Crippen LogP contribution is -2.29. The quantitative estimate of drug-likeness (QED) is 0.179. The number of aromatic nitrogens is 1. The second-order valence-electron chi connectivity index (χ2n) is 9.52. The van der Waals surface area contributed by atoms with Crippen LogP contribution in [0.1, 0.15) is 33.9 Å². The van der Waals surface area contributed by atoms with Gasteiger partial charge < -0.3 is 24.6 Å². The lowest BCUT2D eigenvalue weighted by atomic mass is 9.94. The van der Waals surface area contributed by atoms with Gasteiger partial charge in [0.05, 0.1) is 18.7 Å². The van der Waals surface area contributed by atoms with Crippen LogP contribution in [0.2, 0.25) is 0 Å². The highest BCUT2D eigenvalue weighted by Crippen LogP contribution is 2.42. The maximum atomic E-state index is 13.4. The van der Waals surface area contributed by atoms with E-state index in [0.717, 1.165) is 16.7 Å². The maximum Gasteiger partial charge on any atom is 0.295 e. The van der Waals surface area contributed by atoms with Gasteiger partial charge in [-0.15, -0.1) is 0 Å². The summed E-state index contributed by atoms with van der Waals surface area (Å²) in [6.45, 7) is 2.52. The van der Waals surface area contributed by atoms with E-state index in [-0.39, 0.29) is 29.4 Å². The fraction of sp³-hybridized carbons (Fsp3) is 0.156. The first-order valence-corrected chi connectivity index (χ1v) is 12.7. The Morgan fingerprint density at radius 3 is 2.40 bits per heavy atom. The average Bonchev–Trinajstić information content (AvgIpc) is 3.22. The van der Waals surface area contributed by atoms with E-state index >= 15 is 0 Å². The minimum Gasteiger partial charge on any atom is -0.507 e. The highest BCUT2D eigenvalue weighted by Gasteiger charge is 2.46. The Kier molecular flexibility index (Phi) is 7.50. The van der Waals surface area contributed by atoms with Crippen molar-refractivity contribution < 1.29 is 29.3 Å².